The van der Waals surface area contributed by atoms with Gasteiger partial charge in [0, 0.05) is 28.9 Å². The molecule has 0 heterocycles. The number of ether oxygens (including phenoxy) is 2. The Labute approximate surface area is 227 Å². The molecule has 7 nitrogen and oxygen atoms in total. The lowest BCUT2D eigenvalue weighted by Crippen LogP contribution is -2.34. The average molecular weight is 541 g/mol. The molecule has 0 radical (unpaired) electrons. The Hall–Kier alpha value is -4.14. The summed E-state index contributed by atoms with van der Waals surface area (Å²) in [4.78, 5) is 23.4. The molecule has 208 valence electrons. The molecule has 0 aliphatic rings. The first-order chi connectivity index (χ1) is 18.5. The minimum Gasteiger partial charge on any atom is -0.489 e. The Kier molecular flexibility index (Phi) is 9.87. The lowest BCUT2D eigenvalue weighted by atomic mass is 9.97. The molecule has 3 aromatic rings. The Morgan fingerprint density at radius 1 is 1.05 bits per heavy atom. The number of amides is 1. The van der Waals surface area contributed by atoms with Gasteiger partial charge in [-0.3, -0.25) is 4.79 Å². The Morgan fingerprint density at radius 2 is 1.79 bits per heavy atom. The molecule has 1 atom stereocenters. The van der Waals surface area contributed by atoms with Crippen LogP contribution in [0.5, 0.6) is 5.75 Å². The summed E-state index contributed by atoms with van der Waals surface area (Å²) in [6.07, 6.45) is -0.840. The fourth-order valence-electron chi connectivity index (χ4n) is 4.01. The molecule has 3 rings (SSSR count). The predicted octanol–water partition coefficient (Wildman–Crippen LogP) is 6.67. The second kappa shape index (κ2) is 13.1. The summed E-state index contributed by atoms with van der Waals surface area (Å²) in [5.74, 6) is -1.06. The van der Waals surface area contributed by atoms with Crippen molar-refractivity contribution in [3.05, 3.63) is 83.2 Å². The van der Waals surface area contributed by atoms with Gasteiger partial charge in [-0.15, -0.1) is 0 Å². The van der Waals surface area contributed by atoms with Gasteiger partial charge in [0.1, 0.15) is 30.4 Å². The van der Waals surface area contributed by atoms with Crippen LogP contribution in [-0.2, 0) is 22.6 Å². The maximum absolute atomic E-state index is 15.8. The number of hydrogen-bond donors (Lipinski definition) is 3. The van der Waals surface area contributed by atoms with E-state index >= 15 is 4.39 Å². The van der Waals surface area contributed by atoms with E-state index in [1.807, 2.05) is 0 Å². The highest BCUT2D eigenvalue weighted by Gasteiger charge is 2.21. The highest BCUT2D eigenvalue weighted by atomic mass is 19.1. The molecule has 0 aromatic heterocycles. The number of carbonyl (C=O) groups excluding carboxylic acids is 1. The van der Waals surface area contributed by atoms with Crippen molar-refractivity contribution in [2.24, 2.45) is 0 Å². The van der Waals surface area contributed by atoms with E-state index in [9.17, 15) is 19.1 Å². The van der Waals surface area contributed by atoms with E-state index in [2.05, 4.69) is 10.6 Å². The third kappa shape index (κ3) is 8.70. The number of carboxylic acid groups (broad SMARTS) is 1. The molecule has 0 aliphatic carbocycles. The molecule has 3 aromatic carbocycles. The number of hydrogen-bond acceptors (Lipinski definition) is 5. The fourth-order valence-corrected chi connectivity index (χ4v) is 4.01. The Balaban J connectivity index is 1.90. The van der Waals surface area contributed by atoms with Gasteiger partial charge in [0.15, 0.2) is 0 Å². The molecule has 39 heavy (non-hydrogen) atoms. The summed E-state index contributed by atoms with van der Waals surface area (Å²) in [5, 5.41) is 14.8. The standard InChI is InChI=1S/C30H34F2N2O5/c1-19(34-29(37)39-30(2,3)4)24-9-7-10-25(28(24)32)22-14-20(15-23(16-22)33-13-12-31)18-38-26-11-6-5-8-21(26)17-27(35)36/h5-11,14-16,19,33H,12-13,17-18H2,1-4H3,(H,34,37)(H,35,36). The zero-order chi connectivity index (χ0) is 28.6. The number of halogens is 2. The van der Waals surface area contributed by atoms with Crippen molar-refractivity contribution in [1.29, 1.82) is 0 Å². The molecule has 0 saturated carbocycles. The van der Waals surface area contributed by atoms with E-state index < -0.39 is 36.2 Å². The fraction of sp³-hybridized carbons (Fsp3) is 0.333. The van der Waals surface area contributed by atoms with Gasteiger partial charge in [-0.1, -0.05) is 36.4 Å². The number of alkyl carbamates (subject to hydrolysis) is 1. The monoisotopic (exact) mass is 540 g/mol. The van der Waals surface area contributed by atoms with E-state index in [1.54, 1.807) is 88.4 Å². The SMILES string of the molecule is CC(NC(=O)OC(C)(C)C)c1cccc(-c2cc(COc3ccccc3CC(=O)O)cc(NCCF)c2)c1F. The zero-order valence-electron chi connectivity index (χ0n) is 22.5. The summed E-state index contributed by atoms with van der Waals surface area (Å²) >= 11 is 0. The van der Waals surface area contributed by atoms with Gasteiger partial charge in [-0.25, -0.2) is 13.6 Å². The van der Waals surface area contributed by atoms with Crippen LogP contribution in [0.1, 0.15) is 50.4 Å². The minimum absolute atomic E-state index is 0.0740. The maximum Gasteiger partial charge on any atom is 0.408 e. The molecule has 1 unspecified atom stereocenters. The number of aliphatic carboxylic acids is 1. The number of alkyl halides is 1. The van der Waals surface area contributed by atoms with E-state index in [1.165, 1.54) is 0 Å². The summed E-state index contributed by atoms with van der Waals surface area (Å²) in [5.41, 5.74) is 2.19. The number of carboxylic acids is 1. The van der Waals surface area contributed by atoms with Gasteiger partial charge in [0.2, 0.25) is 0 Å². The van der Waals surface area contributed by atoms with Crippen LogP contribution in [0.25, 0.3) is 11.1 Å². The second-order valence-corrected chi connectivity index (χ2v) is 10.1. The highest BCUT2D eigenvalue weighted by Crippen LogP contribution is 2.32. The number of para-hydroxylation sites is 1. The smallest absolute Gasteiger partial charge is 0.408 e. The van der Waals surface area contributed by atoms with Gasteiger partial charge < -0.3 is 25.2 Å². The number of rotatable bonds is 11. The minimum atomic E-state index is -0.975. The van der Waals surface area contributed by atoms with Crippen molar-refractivity contribution < 1.29 is 33.0 Å². The quantitative estimate of drug-likeness (QED) is 0.252. The first-order valence-electron chi connectivity index (χ1n) is 12.6. The van der Waals surface area contributed by atoms with Crippen molar-refractivity contribution in [3.63, 3.8) is 0 Å². The molecule has 1 amide bonds. The van der Waals surface area contributed by atoms with Crippen LogP contribution in [0.3, 0.4) is 0 Å². The van der Waals surface area contributed by atoms with Crippen molar-refractivity contribution in [1.82, 2.24) is 5.32 Å². The molecular formula is C30H34F2N2O5. The van der Waals surface area contributed by atoms with E-state index in [-0.39, 0.29) is 25.1 Å². The molecule has 0 bridgehead atoms. The van der Waals surface area contributed by atoms with Gasteiger partial charge in [0.25, 0.3) is 0 Å². The lowest BCUT2D eigenvalue weighted by Gasteiger charge is -2.22. The number of benzene rings is 3. The third-order valence-corrected chi connectivity index (χ3v) is 5.66. The van der Waals surface area contributed by atoms with E-state index in [0.29, 0.717) is 33.7 Å². The summed E-state index contributed by atoms with van der Waals surface area (Å²) in [7, 11) is 0. The van der Waals surface area contributed by atoms with Crippen LogP contribution in [0.2, 0.25) is 0 Å². The van der Waals surface area contributed by atoms with E-state index in [4.69, 9.17) is 9.47 Å². The molecule has 3 N–H and O–H groups in total. The van der Waals surface area contributed by atoms with Crippen LogP contribution in [0, 0.1) is 5.82 Å². The van der Waals surface area contributed by atoms with Crippen molar-refractivity contribution in [3.8, 4) is 16.9 Å². The molecule has 0 spiro atoms. The maximum atomic E-state index is 15.8. The second-order valence-electron chi connectivity index (χ2n) is 10.1. The molecule has 0 saturated heterocycles. The van der Waals surface area contributed by atoms with E-state index in [0.717, 1.165) is 0 Å². The zero-order valence-corrected chi connectivity index (χ0v) is 22.5. The summed E-state index contributed by atoms with van der Waals surface area (Å²) in [6, 6.07) is 16.3. The first-order valence-corrected chi connectivity index (χ1v) is 12.6. The van der Waals surface area contributed by atoms with Crippen molar-refractivity contribution in [2.45, 2.75) is 52.4 Å². The van der Waals surface area contributed by atoms with Crippen LogP contribution < -0.4 is 15.4 Å². The van der Waals surface area contributed by atoms with Crippen molar-refractivity contribution in [2.75, 3.05) is 18.5 Å². The number of nitrogens with one attached hydrogen (secondary N) is 2. The van der Waals surface area contributed by atoms with Gasteiger partial charge in [-0.2, -0.15) is 0 Å². The largest absolute Gasteiger partial charge is 0.489 e. The molecule has 0 fully saturated rings. The average Bonchev–Trinajstić information content (AvgIpc) is 2.85. The van der Waals surface area contributed by atoms with Crippen LogP contribution in [0.4, 0.5) is 19.3 Å². The normalized spacial score (nSPS) is 11.9. The Morgan fingerprint density at radius 3 is 2.49 bits per heavy atom. The van der Waals surface area contributed by atoms with Crippen LogP contribution in [0.15, 0.2) is 60.7 Å². The molecular weight excluding hydrogens is 506 g/mol. The molecule has 9 heteroatoms. The Bertz CT molecular complexity index is 1310. The summed E-state index contributed by atoms with van der Waals surface area (Å²) < 4.78 is 39.9. The van der Waals surface area contributed by atoms with Crippen LogP contribution in [-0.4, -0.2) is 36.0 Å². The predicted molar refractivity (Wildman–Crippen MR) is 146 cm³/mol. The van der Waals surface area contributed by atoms with Gasteiger partial charge in [-0.05, 0) is 63.1 Å². The number of carbonyl (C=O) groups is 2. The molecule has 0 aliphatic heterocycles. The first kappa shape index (κ1) is 29.4. The van der Waals surface area contributed by atoms with Crippen LogP contribution >= 0.6 is 0 Å². The summed E-state index contributed by atoms with van der Waals surface area (Å²) in [6.45, 7) is 6.46. The number of anilines is 1. The van der Waals surface area contributed by atoms with Crippen molar-refractivity contribution >= 4 is 17.7 Å². The topological polar surface area (TPSA) is 96.9 Å². The van der Waals surface area contributed by atoms with Gasteiger partial charge in [0.05, 0.1) is 12.5 Å². The van der Waals surface area contributed by atoms with Gasteiger partial charge >= 0.3 is 12.1 Å². The highest BCUT2D eigenvalue weighted by molar-refractivity contribution is 5.72. The lowest BCUT2D eigenvalue weighted by molar-refractivity contribution is -0.136. The third-order valence-electron chi connectivity index (χ3n) is 5.66.